The van der Waals surface area contributed by atoms with Crippen LogP contribution in [0.4, 0.5) is 0 Å². The molecule has 3 nitrogen and oxygen atoms in total. The van der Waals surface area contributed by atoms with Gasteiger partial charge in [-0.1, -0.05) is 17.2 Å². The van der Waals surface area contributed by atoms with Crippen LogP contribution in [0.1, 0.15) is 33.6 Å². The zero-order valence-electron chi connectivity index (χ0n) is 9.97. The number of amides is 1. The first kappa shape index (κ1) is 13.9. The van der Waals surface area contributed by atoms with Crippen LogP contribution in [0.25, 0.3) is 0 Å². The molecular formula is C12H22N2O. The summed E-state index contributed by atoms with van der Waals surface area (Å²) in [7, 11) is 0. The topological polar surface area (TPSA) is 55.1 Å². The Hall–Kier alpha value is -1.09. The third-order valence-corrected chi connectivity index (χ3v) is 1.91. The Kier molecular flexibility index (Phi) is 7.64. The molecule has 0 fully saturated rings. The minimum absolute atomic E-state index is 0.0462. The van der Waals surface area contributed by atoms with Crippen molar-refractivity contribution < 1.29 is 4.79 Å². The summed E-state index contributed by atoms with van der Waals surface area (Å²) < 4.78 is 0. The second-order valence-corrected chi connectivity index (χ2v) is 3.89. The Balaban J connectivity index is 3.87. The van der Waals surface area contributed by atoms with E-state index in [9.17, 15) is 4.79 Å². The molecule has 3 heteroatoms. The first-order chi connectivity index (χ1) is 7.06. The molecule has 0 unspecified atom stereocenters. The van der Waals surface area contributed by atoms with Crippen LogP contribution < -0.4 is 11.1 Å². The third-order valence-electron chi connectivity index (χ3n) is 1.91. The molecule has 0 aliphatic heterocycles. The highest BCUT2D eigenvalue weighted by Gasteiger charge is 1.96. The summed E-state index contributed by atoms with van der Waals surface area (Å²) in [6.45, 7) is 7.15. The van der Waals surface area contributed by atoms with Gasteiger partial charge in [0.25, 0.3) is 0 Å². The number of hydrogen-bond donors (Lipinski definition) is 2. The maximum Gasteiger partial charge on any atom is 0.243 e. The molecule has 0 aromatic rings. The molecule has 0 aromatic heterocycles. The van der Waals surface area contributed by atoms with Crippen molar-refractivity contribution in [3.63, 3.8) is 0 Å². The van der Waals surface area contributed by atoms with Gasteiger partial charge in [-0.2, -0.15) is 0 Å². The summed E-state index contributed by atoms with van der Waals surface area (Å²) in [5.41, 5.74) is 7.69. The lowest BCUT2D eigenvalue weighted by Crippen LogP contribution is -2.27. The van der Waals surface area contributed by atoms with E-state index in [-0.39, 0.29) is 5.91 Å². The third kappa shape index (κ3) is 9.22. The van der Waals surface area contributed by atoms with Gasteiger partial charge in [-0.25, -0.2) is 0 Å². The molecule has 15 heavy (non-hydrogen) atoms. The quantitative estimate of drug-likeness (QED) is 0.518. The van der Waals surface area contributed by atoms with Gasteiger partial charge >= 0.3 is 0 Å². The largest absolute Gasteiger partial charge is 0.351 e. The number of rotatable bonds is 6. The fourth-order valence-electron chi connectivity index (χ4n) is 1.13. The van der Waals surface area contributed by atoms with Crippen LogP contribution in [0.3, 0.4) is 0 Å². The van der Waals surface area contributed by atoms with Crippen LogP contribution in [0, 0.1) is 0 Å². The molecule has 0 atom stereocenters. The lowest BCUT2D eigenvalue weighted by Gasteiger charge is -2.01. The standard InChI is InChI=1S/C12H22N2O/c1-10(2)5-4-6-11(3)9-12(15)14-8-7-13/h5,9H,4,6-8,13H2,1-3H3,(H,14,15)/b11-9+. The highest BCUT2D eigenvalue weighted by molar-refractivity contribution is 5.88. The molecule has 0 saturated carbocycles. The van der Waals surface area contributed by atoms with Crippen LogP contribution in [-0.4, -0.2) is 19.0 Å². The second kappa shape index (κ2) is 8.24. The van der Waals surface area contributed by atoms with Gasteiger partial charge in [-0.15, -0.1) is 0 Å². The van der Waals surface area contributed by atoms with Crippen LogP contribution in [-0.2, 0) is 4.79 Å². The summed E-state index contributed by atoms with van der Waals surface area (Å²) >= 11 is 0. The molecule has 3 N–H and O–H groups in total. The molecule has 0 aliphatic rings. The van der Waals surface area contributed by atoms with Gasteiger partial charge in [0.1, 0.15) is 0 Å². The molecule has 0 rings (SSSR count). The van der Waals surface area contributed by atoms with Crippen molar-refractivity contribution in [1.82, 2.24) is 5.32 Å². The fraction of sp³-hybridized carbons (Fsp3) is 0.583. The molecule has 86 valence electrons. The smallest absolute Gasteiger partial charge is 0.243 e. The monoisotopic (exact) mass is 210 g/mol. The molecular weight excluding hydrogens is 188 g/mol. The van der Waals surface area contributed by atoms with Gasteiger partial charge in [-0.3, -0.25) is 4.79 Å². The highest BCUT2D eigenvalue weighted by Crippen LogP contribution is 2.05. The lowest BCUT2D eigenvalue weighted by atomic mass is 10.1. The number of nitrogens with one attached hydrogen (secondary N) is 1. The van der Waals surface area contributed by atoms with Gasteiger partial charge in [0.15, 0.2) is 0 Å². The predicted molar refractivity (Wildman–Crippen MR) is 64.5 cm³/mol. The van der Waals surface area contributed by atoms with Crippen molar-refractivity contribution in [2.45, 2.75) is 33.6 Å². The van der Waals surface area contributed by atoms with E-state index in [2.05, 4.69) is 25.2 Å². The minimum atomic E-state index is -0.0462. The predicted octanol–water partition coefficient (Wildman–Crippen LogP) is 1.75. The van der Waals surface area contributed by atoms with E-state index >= 15 is 0 Å². The Bertz CT molecular complexity index is 250. The average Bonchev–Trinajstić information content (AvgIpc) is 2.14. The van der Waals surface area contributed by atoms with Gasteiger partial charge in [0.05, 0.1) is 0 Å². The number of allylic oxidation sites excluding steroid dienone is 3. The first-order valence-corrected chi connectivity index (χ1v) is 5.34. The van der Waals surface area contributed by atoms with E-state index in [4.69, 9.17) is 5.73 Å². The molecule has 0 saturated heterocycles. The van der Waals surface area contributed by atoms with E-state index in [1.807, 2.05) is 6.92 Å². The van der Waals surface area contributed by atoms with E-state index in [0.29, 0.717) is 13.1 Å². The summed E-state index contributed by atoms with van der Waals surface area (Å²) in [5.74, 6) is -0.0462. The maximum absolute atomic E-state index is 11.3. The van der Waals surface area contributed by atoms with Gasteiger partial charge in [0.2, 0.25) is 5.91 Å². The number of carbonyl (C=O) groups excluding carboxylic acids is 1. The van der Waals surface area contributed by atoms with Gasteiger partial charge in [0, 0.05) is 19.2 Å². The van der Waals surface area contributed by atoms with E-state index in [1.165, 1.54) is 5.57 Å². The van der Waals surface area contributed by atoms with Crippen molar-refractivity contribution in [2.75, 3.05) is 13.1 Å². The SMILES string of the molecule is CC(C)=CCC/C(C)=C/C(=O)NCCN. The van der Waals surface area contributed by atoms with Crippen molar-refractivity contribution in [1.29, 1.82) is 0 Å². The van der Waals surface area contributed by atoms with Crippen molar-refractivity contribution >= 4 is 5.91 Å². The molecule has 1 amide bonds. The maximum atomic E-state index is 11.3. The molecule has 0 spiro atoms. The zero-order valence-corrected chi connectivity index (χ0v) is 9.97. The molecule has 0 aliphatic carbocycles. The zero-order chi connectivity index (χ0) is 11.7. The summed E-state index contributed by atoms with van der Waals surface area (Å²) in [6.07, 6.45) is 5.75. The normalized spacial score (nSPS) is 11.1. The van der Waals surface area contributed by atoms with Gasteiger partial charge in [-0.05, 0) is 33.6 Å². The number of carbonyl (C=O) groups is 1. The molecule has 0 bridgehead atoms. The second-order valence-electron chi connectivity index (χ2n) is 3.89. The van der Waals surface area contributed by atoms with Crippen molar-refractivity contribution in [3.05, 3.63) is 23.3 Å². The van der Waals surface area contributed by atoms with Crippen LogP contribution in [0.5, 0.6) is 0 Å². The highest BCUT2D eigenvalue weighted by atomic mass is 16.1. The molecule has 0 heterocycles. The van der Waals surface area contributed by atoms with Crippen LogP contribution in [0.2, 0.25) is 0 Å². The van der Waals surface area contributed by atoms with E-state index < -0.39 is 0 Å². The number of hydrogen-bond acceptors (Lipinski definition) is 2. The first-order valence-electron chi connectivity index (χ1n) is 5.34. The fourth-order valence-corrected chi connectivity index (χ4v) is 1.13. The molecule has 0 radical (unpaired) electrons. The van der Waals surface area contributed by atoms with E-state index in [0.717, 1.165) is 18.4 Å². The molecule has 0 aromatic carbocycles. The van der Waals surface area contributed by atoms with Crippen LogP contribution in [0.15, 0.2) is 23.3 Å². The lowest BCUT2D eigenvalue weighted by molar-refractivity contribution is -0.116. The Morgan fingerprint density at radius 1 is 1.33 bits per heavy atom. The number of nitrogens with two attached hydrogens (primary N) is 1. The van der Waals surface area contributed by atoms with Crippen molar-refractivity contribution in [3.8, 4) is 0 Å². The Morgan fingerprint density at radius 3 is 2.53 bits per heavy atom. The summed E-state index contributed by atoms with van der Waals surface area (Å²) in [4.78, 5) is 11.3. The minimum Gasteiger partial charge on any atom is -0.351 e. The Morgan fingerprint density at radius 2 is 2.00 bits per heavy atom. The summed E-state index contributed by atoms with van der Waals surface area (Å²) in [6, 6.07) is 0. The summed E-state index contributed by atoms with van der Waals surface area (Å²) in [5, 5.41) is 2.71. The average molecular weight is 210 g/mol. The van der Waals surface area contributed by atoms with Gasteiger partial charge < -0.3 is 11.1 Å². The van der Waals surface area contributed by atoms with Crippen LogP contribution >= 0.6 is 0 Å². The van der Waals surface area contributed by atoms with Crippen molar-refractivity contribution in [2.24, 2.45) is 5.73 Å². The Labute approximate surface area is 92.4 Å². The van der Waals surface area contributed by atoms with E-state index in [1.54, 1.807) is 6.08 Å².